The Kier molecular flexibility index (Phi) is 4.57. The lowest BCUT2D eigenvalue weighted by atomic mass is 10.2. The number of hydrogen-bond acceptors (Lipinski definition) is 4. The summed E-state index contributed by atoms with van der Waals surface area (Å²) in [5, 5.41) is 7.63. The molecule has 3 aromatic rings. The predicted octanol–water partition coefficient (Wildman–Crippen LogP) is 1.98. The maximum absolute atomic E-state index is 12.8. The molecule has 0 fully saturated rings. The highest BCUT2D eigenvalue weighted by Crippen LogP contribution is 2.19. The number of fused-ring (bicyclic) bond motifs is 2. The number of rotatable bonds is 4. The van der Waals surface area contributed by atoms with Gasteiger partial charge in [-0.2, -0.15) is 5.10 Å². The summed E-state index contributed by atoms with van der Waals surface area (Å²) in [6.45, 7) is 4.18. The standard InChI is InChI=1S/C18H19ClN6O2/c1-2-5-20-17(26)15-4-3-13-11-23(6-7-24(13)15)18(27)14-8-16-21-9-12(19)10-25(16)22-14/h3-4,8-10H,2,5-7,11H2,1H3,(H,20,26). The van der Waals surface area contributed by atoms with E-state index >= 15 is 0 Å². The number of nitrogens with zero attached hydrogens (tertiary/aromatic N) is 5. The second kappa shape index (κ2) is 7.03. The van der Waals surface area contributed by atoms with Gasteiger partial charge in [-0.05, 0) is 18.6 Å². The van der Waals surface area contributed by atoms with Crippen LogP contribution in [0.4, 0.5) is 0 Å². The van der Waals surface area contributed by atoms with Crippen molar-refractivity contribution in [3.8, 4) is 0 Å². The van der Waals surface area contributed by atoms with Crippen molar-refractivity contribution in [1.29, 1.82) is 0 Å². The van der Waals surface area contributed by atoms with Gasteiger partial charge in [0.1, 0.15) is 5.69 Å². The molecule has 1 aliphatic rings. The lowest BCUT2D eigenvalue weighted by Gasteiger charge is -2.29. The molecule has 9 heteroatoms. The van der Waals surface area contributed by atoms with Crippen LogP contribution in [0.25, 0.3) is 5.65 Å². The average Bonchev–Trinajstić information content (AvgIpc) is 3.28. The molecule has 0 bridgehead atoms. The van der Waals surface area contributed by atoms with Crippen molar-refractivity contribution >= 4 is 29.1 Å². The molecule has 8 nitrogen and oxygen atoms in total. The minimum absolute atomic E-state index is 0.0776. The predicted molar refractivity (Wildman–Crippen MR) is 99.8 cm³/mol. The van der Waals surface area contributed by atoms with Gasteiger partial charge in [0.2, 0.25) is 0 Å². The molecule has 0 unspecified atom stereocenters. The van der Waals surface area contributed by atoms with Crippen LogP contribution in [0.5, 0.6) is 0 Å². The van der Waals surface area contributed by atoms with Gasteiger partial charge < -0.3 is 14.8 Å². The molecular formula is C18H19ClN6O2. The number of aromatic nitrogens is 4. The quantitative estimate of drug-likeness (QED) is 0.743. The lowest BCUT2D eigenvalue weighted by molar-refractivity contribution is 0.0703. The molecule has 140 valence electrons. The van der Waals surface area contributed by atoms with Crippen LogP contribution in [-0.2, 0) is 13.1 Å². The molecule has 0 aliphatic carbocycles. The van der Waals surface area contributed by atoms with Gasteiger partial charge in [0.25, 0.3) is 11.8 Å². The number of carbonyl (C=O) groups is 2. The second-order valence-corrected chi connectivity index (χ2v) is 6.89. The van der Waals surface area contributed by atoms with Crippen molar-refractivity contribution in [3.05, 3.63) is 52.7 Å². The summed E-state index contributed by atoms with van der Waals surface area (Å²) >= 11 is 5.92. The van der Waals surface area contributed by atoms with Crippen LogP contribution in [0.2, 0.25) is 5.02 Å². The summed E-state index contributed by atoms with van der Waals surface area (Å²) in [5.74, 6) is -0.243. The van der Waals surface area contributed by atoms with Gasteiger partial charge in [-0.15, -0.1) is 0 Å². The normalized spacial score (nSPS) is 13.6. The molecule has 4 heterocycles. The van der Waals surface area contributed by atoms with E-state index in [2.05, 4.69) is 15.4 Å². The van der Waals surface area contributed by atoms with Crippen LogP contribution in [-0.4, -0.2) is 49.0 Å². The first-order valence-electron chi connectivity index (χ1n) is 8.83. The third kappa shape index (κ3) is 3.28. The van der Waals surface area contributed by atoms with Crippen LogP contribution >= 0.6 is 11.6 Å². The highest BCUT2D eigenvalue weighted by atomic mass is 35.5. The van der Waals surface area contributed by atoms with Crippen LogP contribution in [0, 0.1) is 0 Å². The fourth-order valence-electron chi connectivity index (χ4n) is 3.23. The first-order valence-corrected chi connectivity index (χ1v) is 9.21. The topological polar surface area (TPSA) is 84.5 Å². The maximum atomic E-state index is 12.8. The fraction of sp³-hybridized carbons (Fsp3) is 0.333. The van der Waals surface area contributed by atoms with Crippen LogP contribution in [0.3, 0.4) is 0 Å². The highest BCUT2D eigenvalue weighted by Gasteiger charge is 2.26. The third-order valence-electron chi connectivity index (χ3n) is 4.57. The van der Waals surface area contributed by atoms with Crippen molar-refractivity contribution in [1.82, 2.24) is 29.4 Å². The Morgan fingerprint density at radius 1 is 1.30 bits per heavy atom. The minimum Gasteiger partial charge on any atom is -0.351 e. The monoisotopic (exact) mass is 386 g/mol. The lowest BCUT2D eigenvalue weighted by Crippen LogP contribution is -2.39. The zero-order valence-electron chi connectivity index (χ0n) is 14.9. The van der Waals surface area contributed by atoms with Gasteiger partial charge >= 0.3 is 0 Å². The van der Waals surface area contributed by atoms with Crippen LogP contribution < -0.4 is 5.32 Å². The molecule has 27 heavy (non-hydrogen) atoms. The van der Waals surface area contributed by atoms with E-state index in [-0.39, 0.29) is 11.8 Å². The molecule has 0 saturated heterocycles. The molecule has 0 atom stereocenters. The molecular weight excluding hydrogens is 368 g/mol. The zero-order chi connectivity index (χ0) is 19.0. The van der Waals surface area contributed by atoms with Gasteiger partial charge in [0, 0.05) is 37.6 Å². The van der Waals surface area contributed by atoms with Crippen molar-refractivity contribution < 1.29 is 9.59 Å². The number of halogens is 1. The van der Waals surface area contributed by atoms with Crippen molar-refractivity contribution in [2.24, 2.45) is 0 Å². The molecule has 1 aliphatic heterocycles. The van der Waals surface area contributed by atoms with E-state index in [0.717, 1.165) is 12.1 Å². The first-order chi connectivity index (χ1) is 13.1. The minimum atomic E-state index is -0.166. The molecule has 3 aromatic heterocycles. The summed E-state index contributed by atoms with van der Waals surface area (Å²) in [6, 6.07) is 5.35. The Balaban J connectivity index is 1.53. The van der Waals surface area contributed by atoms with Gasteiger partial charge in [-0.25, -0.2) is 9.50 Å². The van der Waals surface area contributed by atoms with E-state index in [1.54, 1.807) is 17.2 Å². The number of carbonyl (C=O) groups excluding carboxylic acids is 2. The number of amides is 2. The summed E-state index contributed by atoms with van der Waals surface area (Å²) in [7, 11) is 0. The summed E-state index contributed by atoms with van der Waals surface area (Å²) < 4.78 is 3.47. The maximum Gasteiger partial charge on any atom is 0.274 e. The Bertz CT molecular complexity index is 1020. The molecule has 0 radical (unpaired) electrons. The van der Waals surface area contributed by atoms with Crippen LogP contribution in [0.1, 0.15) is 40.0 Å². The van der Waals surface area contributed by atoms with Gasteiger partial charge in [0.15, 0.2) is 11.3 Å². The average molecular weight is 387 g/mol. The summed E-state index contributed by atoms with van der Waals surface area (Å²) in [4.78, 5) is 31.0. The van der Waals surface area contributed by atoms with E-state index in [0.29, 0.717) is 48.2 Å². The Morgan fingerprint density at radius 3 is 2.96 bits per heavy atom. The third-order valence-corrected chi connectivity index (χ3v) is 4.77. The summed E-state index contributed by atoms with van der Waals surface area (Å²) in [5.41, 5.74) is 2.46. The van der Waals surface area contributed by atoms with E-state index in [1.165, 1.54) is 10.7 Å². The highest BCUT2D eigenvalue weighted by molar-refractivity contribution is 6.30. The first kappa shape index (κ1) is 17.5. The van der Waals surface area contributed by atoms with E-state index < -0.39 is 0 Å². The smallest absolute Gasteiger partial charge is 0.274 e. The van der Waals surface area contributed by atoms with Crippen molar-refractivity contribution in [2.75, 3.05) is 13.1 Å². The van der Waals surface area contributed by atoms with Gasteiger partial charge in [0.05, 0.1) is 17.8 Å². The fourth-order valence-corrected chi connectivity index (χ4v) is 3.37. The van der Waals surface area contributed by atoms with E-state index in [4.69, 9.17) is 11.6 Å². The SMILES string of the molecule is CCCNC(=O)c1ccc2n1CCN(C(=O)c1cc3ncc(Cl)cn3n1)C2. The van der Waals surface area contributed by atoms with Gasteiger partial charge in [-0.3, -0.25) is 9.59 Å². The molecule has 0 saturated carbocycles. The molecule has 0 spiro atoms. The van der Waals surface area contributed by atoms with Gasteiger partial charge in [-0.1, -0.05) is 18.5 Å². The van der Waals surface area contributed by atoms with Crippen LogP contribution in [0.15, 0.2) is 30.6 Å². The number of nitrogens with one attached hydrogen (secondary N) is 1. The molecule has 2 amide bonds. The van der Waals surface area contributed by atoms with E-state index in [1.807, 2.05) is 23.6 Å². The molecule has 4 rings (SSSR count). The Hall–Kier alpha value is -2.87. The van der Waals surface area contributed by atoms with Crippen molar-refractivity contribution in [3.63, 3.8) is 0 Å². The zero-order valence-corrected chi connectivity index (χ0v) is 15.6. The Labute approximate surface area is 160 Å². The largest absolute Gasteiger partial charge is 0.351 e. The molecule has 0 aromatic carbocycles. The Morgan fingerprint density at radius 2 is 2.15 bits per heavy atom. The van der Waals surface area contributed by atoms with E-state index in [9.17, 15) is 9.59 Å². The van der Waals surface area contributed by atoms with Crippen molar-refractivity contribution in [2.45, 2.75) is 26.4 Å². The molecule has 1 N–H and O–H groups in total. The number of hydrogen-bond donors (Lipinski definition) is 1. The summed E-state index contributed by atoms with van der Waals surface area (Å²) in [6.07, 6.45) is 4.02. The second-order valence-electron chi connectivity index (χ2n) is 6.45.